The van der Waals surface area contributed by atoms with Gasteiger partial charge in [0.25, 0.3) is 5.56 Å². The highest BCUT2D eigenvalue weighted by Gasteiger charge is 2.22. The van der Waals surface area contributed by atoms with Crippen LogP contribution in [0, 0.1) is 17.1 Å². The molecule has 30 heavy (non-hydrogen) atoms. The van der Waals surface area contributed by atoms with E-state index in [2.05, 4.69) is 4.98 Å². The van der Waals surface area contributed by atoms with E-state index in [4.69, 9.17) is 40.1 Å². The van der Waals surface area contributed by atoms with Gasteiger partial charge in [0.2, 0.25) is 0 Å². The summed E-state index contributed by atoms with van der Waals surface area (Å²) < 4.78 is 16.9. The van der Waals surface area contributed by atoms with Gasteiger partial charge in [-0.25, -0.2) is 18.7 Å². The number of nitriles is 1. The van der Waals surface area contributed by atoms with E-state index in [1.165, 1.54) is 22.7 Å². The van der Waals surface area contributed by atoms with Crippen LogP contribution in [-0.2, 0) is 6.54 Å². The molecule has 0 atom stereocenters. The van der Waals surface area contributed by atoms with Crippen molar-refractivity contribution >= 4 is 40.4 Å². The molecular formula is C19H9Cl3FN5O2. The van der Waals surface area contributed by atoms with Crippen molar-refractivity contribution in [1.29, 1.82) is 5.26 Å². The van der Waals surface area contributed by atoms with E-state index in [9.17, 15) is 14.0 Å². The van der Waals surface area contributed by atoms with Crippen LogP contribution in [0.15, 0.2) is 52.3 Å². The molecule has 11 heteroatoms. The molecule has 3 aromatic heterocycles. The van der Waals surface area contributed by atoms with Crippen LogP contribution < -0.4 is 11.2 Å². The quantitative estimate of drug-likeness (QED) is 0.430. The highest BCUT2D eigenvalue weighted by molar-refractivity contribution is 6.33. The minimum atomic E-state index is -0.833. The van der Waals surface area contributed by atoms with Gasteiger partial charge < -0.3 is 0 Å². The van der Waals surface area contributed by atoms with Crippen LogP contribution >= 0.6 is 34.8 Å². The lowest BCUT2D eigenvalue weighted by Gasteiger charge is -2.14. The number of halogens is 4. The molecule has 0 amide bonds. The minimum absolute atomic E-state index is 0.114. The number of imidazole rings is 1. The Balaban J connectivity index is 2.12. The monoisotopic (exact) mass is 463 g/mol. The van der Waals surface area contributed by atoms with Crippen molar-refractivity contribution in [2.75, 3.05) is 0 Å². The number of fused-ring (bicyclic) bond motifs is 1. The average Bonchev–Trinajstić information content (AvgIpc) is 3.10. The Morgan fingerprint density at radius 3 is 2.60 bits per heavy atom. The minimum Gasteiger partial charge on any atom is -0.285 e. The third-order valence-corrected chi connectivity index (χ3v) is 5.32. The van der Waals surface area contributed by atoms with Crippen molar-refractivity contribution < 1.29 is 4.39 Å². The average molecular weight is 465 g/mol. The van der Waals surface area contributed by atoms with Gasteiger partial charge in [-0.2, -0.15) is 5.26 Å². The fourth-order valence-electron chi connectivity index (χ4n) is 3.04. The summed E-state index contributed by atoms with van der Waals surface area (Å²) in [5.74, 6) is -0.560. The summed E-state index contributed by atoms with van der Waals surface area (Å²) in [5, 5.41) is 9.08. The van der Waals surface area contributed by atoms with Crippen molar-refractivity contribution in [3.05, 3.63) is 84.6 Å². The Labute approximate surface area is 182 Å². The number of hydrogen-bond donors (Lipinski definition) is 0. The van der Waals surface area contributed by atoms with E-state index >= 15 is 0 Å². The molecule has 4 rings (SSSR count). The van der Waals surface area contributed by atoms with Gasteiger partial charge in [-0.15, -0.1) is 0 Å². The third kappa shape index (κ3) is 3.17. The van der Waals surface area contributed by atoms with Crippen LogP contribution in [0.25, 0.3) is 22.6 Å². The van der Waals surface area contributed by atoms with Crippen molar-refractivity contribution in [1.82, 2.24) is 18.5 Å². The third-order valence-electron chi connectivity index (χ3n) is 4.40. The van der Waals surface area contributed by atoms with Gasteiger partial charge in [-0.05, 0) is 23.8 Å². The van der Waals surface area contributed by atoms with Gasteiger partial charge in [0.1, 0.15) is 29.0 Å². The Morgan fingerprint density at radius 2 is 1.90 bits per heavy atom. The van der Waals surface area contributed by atoms with Crippen LogP contribution in [0.4, 0.5) is 4.39 Å². The van der Waals surface area contributed by atoms with Crippen molar-refractivity contribution in [2.24, 2.45) is 0 Å². The molecular weight excluding hydrogens is 456 g/mol. The fourth-order valence-corrected chi connectivity index (χ4v) is 3.69. The summed E-state index contributed by atoms with van der Waals surface area (Å²) in [6, 6.07) is 8.57. The molecule has 0 bridgehead atoms. The summed E-state index contributed by atoms with van der Waals surface area (Å²) in [6.07, 6.45) is 2.87. The molecule has 0 radical (unpaired) electrons. The van der Waals surface area contributed by atoms with E-state index in [0.29, 0.717) is 10.7 Å². The maximum absolute atomic E-state index is 13.6. The molecule has 0 fully saturated rings. The molecule has 0 aliphatic carbocycles. The normalized spacial score (nSPS) is 11.0. The summed E-state index contributed by atoms with van der Waals surface area (Å²) in [7, 11) is 0. The predicted molar refractivity (Wildman–Crippen MR) is 111 cm³/mol. The molecule has 0 N–H and O–H groups in total. The molecule has 4 aromatic rings. The first kappa shape index (κ1) is 20.2. The van der Waals surface area contributed by atoms with Crippen LogP contribution in [0.1, 0.15) is 0 Å². The molecule has 0 saturated carbocycles. The number of pyridine rings is 1. The van der Waals surface area contributed by atoms with Crippen LogP contribution in [-0.4, -0.2) is 18.5 Å². The smallest absolute Gasteiger partial charge is 0.285 e. The van der Waals surface area contributed by atoms with E-state index in [0.717, 1.165) is 15.2 Å². The molecule has 1 aromatic carbocycles. The van der Waals surface area contributed by atoms with Gasteiger partial charge in [0.15, 0.2) is 0 Å². The Bertz CT molecular complexity index is 1480. The zero-order valence-electron chi connectivity index (χ0n) is 14.8. The van der Waals surface area contributed by atoms with Crippen molar-refractivity contribution in [2.45, 2.75) is 6.54 Å². The van der Waals surface area contributed by atoms with E-state index in [1.54, 1.807) is 18.3 Å². The standard InChI is InChI=1S/C19H9Cl3FN5O2/c20-11-3-5-26-14(8-11)25-9-15(26)28-18(29)16(10-1-2-13(23)12(21)7-10)17(22)27(6-4-24)19(28)30/h1-3,5,7-9H,6H2. The van der Waals surface area contributed by atoms with Crippen molar-refractivity contribution in [3.8, 4) is 23.0 Å². The van der Waals surface area contributed by atoms with Gasteiger partial charge in [-0.1, -0.05) is 40.9 Å². The van der Waals surface area contributed by atoms with Gasteiger partial charge >= 0.3 is 5.69 Å². The summed E-state index contributed by atoms with van der Waals surface area (Å²) in [5.41, 5.74) is -1.14. The zero-order valence-corrected chi connectivity index (χ0v) is 17.1. The molecule has 7 nitrogen and oxygen atoms in total. The van der Waals surface area contributed by atoms with Gasteiger partial charge in [0.05, 0.1) is 22.9 Å². The van der Waals surface area contributed by atoms with E-state index in [-0.39, 0.29) is 27.1 Å². The molecule has 0 aliphatic rings. The topological polar surface area (TPSA) is 85.1 Å². The predicted octanol–water partition coefficient (Wildman–Crippen LogP) is 3.94. The lowest BCUT2D eigenvalue weighted by molar-refractivity contribution is 0.628. The zero-order chi connectivity index (χ0) is 21.6. The lowest BCUT2D eigenvalue weighted by atomic mass is 10.1. The highest BCUT2D eigenvalue weighted by Crippen LogP contribution is 2.28. The first-order valence-corrected chi connectivity index (χ1v) is 9.47. The van der Waals surface area contributed by atoms with Crippen molar-refractivity contribution in [3.63, 3.8) is 0 Å². The first-order chi connectivity index (χ1) is 14.3. The first-order valence-electron chi connectivity index (χ1n) is 8.34. The van der Waals surface area contributed by atoms with E-state index in [1.807, 2.05) is 6.07 Å². The summed E-state index contributed by atoms with van der Waals surface area (Å²) in [6.45, 7) is -0.414. The molecule has 0 aliphatic heterocycles. The molecule has 150 valence electrons. The Hall–Kier alpha value is -3.12. The molecule has 0 unspecified atom stereocenters. The number of benzene rings is 1. The number of nitrogens with zero attached hydrogens (tertiary/aromatic N) is 5. The maximum atomic E-state index is 13.6. The summed E-state index contributed by atoms with van der Waals surface area (Å²) >= 11 is 18.1. The summed E-state index contributed by atoms with van der Waals surface area (Å²) in [4.78, 5) is 30.6. The van der Waals surface area contributed by atoms with Crippen LogP contribution in [0.3, 0.4) is 0 Å². The number of hydrogen-bond acceptors (Lipinski definition) is 4. The molecule has 0 spiro atoms. The Kier molecular flexibility index (Phi) is 5.12. The highest BCUT2D eigenvalue weighted by atomic mass is 35.5. The second kappa shape index (κ2) is 7.61. The fraction of sp³-hybridized carbons (Fsp3) is 0.0526. The largest absolute Gasteiger partial charge is 0.339 e. The van der Waals surface area contributed by atoms with Gasteiger partial charge in [0, 0.05) is 17.3 Å². The maximum Gasteiger partial charge on any atom is 0.339 e. The number of rotatable bonds is 3. The second-order valence-corrected chi connectivity index (χ2v) is 7.35. The Morgan fingerprint density at radius 1 is 1.13 bits per heavy atom. The van der Waals surface area contributed by atoms with Crippen LogP contribution in [0.5, 0.6) is 0 Å². The molecule has 0 saturated heterocycles. The second-order valence-electron chi connectivity index (χ2n) is 6.15. The SMILES string of the molecule is N#CCn1c(Cl)c(-c2ccc(F)c(Cl)c2)c(=O)n(-c2cnc3cc(Cl)ccn23)c1=O. The number of aromatic nitrogens is 4. The van der Waals surface area contributed by atoms with E-state index < -0.39 is 23.6 Å². The lowest BCUT2D eigenvalue weighted by Crippen LogP contribution is -2.40. The molecule has 3 heterocycles. The van der Waals surface area contributed by atoms with Crippen LogP contribution in [0.2, 0.25) is 15.2 Å². The van der Waals surface area contributed by atoms with Gasteiger partial charge in [-0.3, -0.25) is 13.8 Å².